The number of nitrogens with two attached hydrogens (primary N) is 1. The van der Waals surface area contributed by atoms with Crippen LogP contribution >= 0.6 is 0 Å². The lowest BCUT2D eigenvalue weighted by atomic mass is 9.68. The van der Waals surface area contributed by atoms with Crippen LogP contribution < -0.4 is 5.73 Å². The molecule has 0 spiro atoms. The van der Waals surface area contributed by atoms with Crippen molar-refractivity contribution in [2.24, 2.45) is 11.7 Å². The van der Waals surface area contributed by atoms with E-state index in [1.165, 1.54) is 12.8 Å². The van der Waals surface area contributed by atoms with E-state index in [0.717, 1.165) is 43.8 Å². The molecule has 1 aromatic heterocycles. The molecule has 5 heteroatoms. The lowest BCUT2D eigenvalue weighted by Crippen LogP contribution is -2.42. The molecule has 2 atom stereocenters. The monoisotopic (exact) mass is 279 g/mol. The molecule has 2 aliphatic carbocycles. The largest absolute Gasteiger partial charge is 0.370 e. The van der Waals surface area contributed by atoms with Gasteiger partial charge in [0.15, 0.2) is 0 Å². The Balaban J connectivity index is 1.88. The summed E-state index contributed by atoms with van der Waals surface area (Å²) in [5.74, 6) is 2.08. The van der Waals surface area contributed by atoms with E-state index in [9.17, 15) is 0 Å². The van der Waals surface area contributed by atoms with Gasteiger partial charge in [-0.05, 0) is 38.0 Å². The Morgan fingerprint density at radius 3 is 2.70 bits per heavy atom. The first-order valence-corrected chi connectivity index (χ1v) is 7.74. The Morgan fingerprint density at radius 1 is 1.35 bits per heavy atom. The van der Waals surface area contributed by atoms with Crippen molar-refractivity contribution in [3.8, 4) is 0 Å². The highest BCUT2D eigenvalue weighted by molar-refractivity contribution is 5.14. The van der Waals surface area contributed by atoms with Crippen LogP contribution in [0.4, 0.5) is 0 Å². The third-order valence-electron chi connectivity index (χ3n) is 5.34. The van der Waals surface area contributed by atoms with Crippen LogP contribution in [0.2, 0.25) is 0 Å². The van der Waals surface area contributed by atoms with Gasteiger partial charge in [0.25, 0.3) is 0 Å². The molecule has 0 radical (unpaired) electrons. The van der Waals surface area contributed by atoms with Gasteiger partial charge >= 0.3 is 0 Å². The van der Waals surface area contributed by atoms with Gasteiger partial charge in [-0.15, -0.1) is 0 Å². The maximum absolute atomic E-state index is 5.92. The minimum atomic E-state index is -0.362. The normalized spacial score (nSPS) is 32.9. The molecule has 2 N–H and O–H groups in total. The molecule has 0 aliphatic heterocycles. The zero-order valence-electron chi connectivity index (χ0n) is 12.5. The molecular formula is C15H25N3O2. The van der Waals surface area contributed by atoms with Crippen LogP contribution in [-0.4, -0.2) is 23.8 Å². The number of ether oxygens (including phenoxy) is 1. The van der Waals surface area contributed by atoms with Crippen molar-refractivity contribution in [1.82, 2.24) is 10.1 Å². The van der Waals surface area contributed by atoms with Crippen molar-refractivity contribution in [2.45, 2.75) is 62.9 Å². The van der Waals surface area contributed by atoms with Crippen molar-refractivity contribution in [3.63, 3.8) is 0 Å². The number of nitrogens with zero attached hydrogens (tertiary/aromatic N) is 2. The highest BCUT2D eigenvalue weighted by atomic mass is 16.5. The second-order valence-electron chi connectivity index (χ2n) is 6.66. The molecule has 0 aromatic carbocycles. The third-order valence-corrected chi connectivity index (χ3v) is 5.34. The molecule has 112 valence electrons. The van der Waals surface area contributed by atoms with E-state index in [0.29, 0.717) is 12.5 Å². The van der Waals surface area contributed by atoms with E-state index < -0.39 is 0 Å². The quantitative estimate of drug-likeness (QED) is 0.916. The molecule has 0 bridgehead atoms. The number of hydrogen-bond acceptors (Lipinski definition) is 5. The van der Waals surface area contributed by atoms with Crippen molar-refractivity contribution in [2.75, 3.05) is 13.7 Å². The second kappa shape index (κ2) is 5.11. The van der Waals surface area contributed by atoms with Gasteiger partial charge in [-0.3, -0.25) is 0 Å². The van der Waals surface area contributed by atoms with Gasteiger partial charge in [0, 0.05) is 13.7 Å². The SMILES string of the molecule is COC1(c2noc(C3(CN)CCC3)n2)CCCC(C)C1. The number of rotatable bonds is 4. The van der Waals surface area contributed by atoms with E-state index in [4.69, 9.17) is 20.0 Å². The minimum absolute atomic E-state index is 0.0690. The van der Waals surface area contributed by atoms with Crippen LogP contribution in [0, 0.1) is 5.92 Å². The summed E-state index contributed by atoms with van der Waals surface area (Å²) in [7, 11) is 1.76. The molecule has 20 heavy (non-hydrogen) atoms. The molecule has 5 nitrogen and oxygen atoms in total. The van der Waals surface area contributed by atoms with Gasteiger partial charge in [0.05, 0.1) is 5.41 Å². The second-order valence-corrected chi connectivity index (χ2v) is 6.66. The van der Waals surface area contributed by atoms with Crippen LogP contribution in [0.1, 0.15) is 63.6 Å². The third kappa shape index (κ3) is 2.07. The van der Waals surface area contributed by atoms with Crippen molar-refractivity contribution >= 4 is 0 Å². The fraction of sp³-hybridized carbons (Fsp3) is 0.867. The van der Waals surface area contributed by atoms with E-state index in [1.807, 2.05) is 0 Å². The number of hydrogen-bond donors (Lipinski definition) is 1. The lowest BCUT2D eigenvalue weighted by molar-refractivity contribution is -0.0658. The Hall–Kier alpha value is -0.940. The summed E-state index contributed by atoms with van der Waals surface area (Å²) >= 11 is 0. The number of methoxy groups -OCH3 is 1. The molecule has 3 rings (SSSR count). The molecule has 1 heterocycles. The molecule has 2 aliphatic rings. The Labute approximate surface area is 120 Å². The Bertz CT molecular complexity index is 464. The van der Waals surface area contributed by atoms with Gasteiger partial charge in [-0.2, -0.15) is 4.98 Å². The smallest absolute Gasteiger partial charge is 0.234 e. The van der Waals surface area contributed by atoms with Crippen LogP contribution in [0.15, 0.2) is 4.52 Å². The molecule has 0 amide bonds. The van der Waals surface area contributed by atoms with Crippen molar-refractivity contribution in [1.29, 1.82) is 0 Å². The van der Waals surface area contributed by atoms with Crippen molar-refractivity contribution in [3.05, 3.63) is 11.7 Å². The van der Waals surface area contributed by atoms with Crippen LogP contribution in [-0.2, 0) is 15.8 Å². The molecule has 1 aromatic rings. The fourth-order valence-electron chi connectivity index (χ4n) is 3.72. The average Bonchev–Trinajstić information content (AvgIpc) is 2.88. The van der Waals surface area contributed by atoms with Gasteiger partial charge in [-0.25, -0.2) is 0 Å². The summed E-state index contributed by atoms with van der Waals surface area (Å²) in [5, 5.41) is 4.25. The van der Waals surface area contributed by atoms with Gasteiger partial charge in [0.2, 0.25) is 11.7 Å². The maximum Gasteiger partial charge on any atom is 0.234 e. The van der Waals surface area contributed by atoms with E-state index in [-0.39, 0.29) is 11.0 Å². The van der Waals surface area contributed by atoms with E-state index in [2.05, 4.69) is 12.1 Å². The zero-order chi connectivity index (χ0) is 14.2. The first-order valence-electron chi connectivity index (χ1n) is 7.74. The van der Waals surface area contributed by atoms with E-state index >= 15 is 0 Å². The summed E-state index contributed by atoms with van der Waals surface area (Å²) in [6.07, 6.45) is 7.66. The summed E-state index contributed by atoms with van der Waals surface area (Å²) in [4.78, 5) is 4.69. The molecule has 2 fully saturated rings. The fourth-order valence-corrected chi connectivity index (χ4v) is 3.72. The predicted octanol–water partition coefficient (Wildman–Crippen LogP) is 2.50. The van der Waals surface area contributed by atoms with Crippen LogP contribution in [0.3, 0.4) is 0 Å². The average molecular weight is 279 g/mol. The standard InChI is InChI=1S/C15H25N3O2/c1-11-5-3-8-15(9-11,19-2)12-17-13(20-18-12)14(10-16)6-4-7-14/h11H,3-10,16H2,1-2H3. The van der Waals surface area contributed by atoms with Crippen molar-refractivity contribution < 1.29 is 9.26 Å². The Kier molecular flexibility index (Phi) is 3.58. The van der Waals surface area contributed by atoms with Crippen LogP contribution in [0.5, 0.6) is 0 Å². The summed E-state index contributed by atoms with van der Waals surface area (Å²) in [6.45, 7) is 2.85. The highest BCUT2D eigenvalue weighted by Crippen LogP contribution is 2.45. The summed E-state index contributed by atoms with van der Waals surface area (Å²) < 4.78 is 11.4. The highest BCUT2D eigenvalue weighted by Gasteiger charge is 2.46. The lowest BCUT2D eigenvalue weighted by Gasteiger charge is -2.37. The topological polar surface area (TPSA) is 74.2 Å². The summed E-state index contributed by atoms with van der Waals surface area (Å²) in [5.41, 5.74) is 5.49. The minimum Gasteiger partial charge on any atom is -0.370 e. The first-order chi connectivity index (χ1) is 9.64. The predicted molar refractivity (Wildman–Crippen MR) is 75.2 cm³/mol. The van der Waals surface area contributed by atoms with Gasteiger partial charge < -0.3 is 15.0 Å². The molecular weight excluding hydrogens is 254 g/mol. The first kappa shape index (κ1) is 14.0. The Morgan fingerprint density at radius 2 is 2.15 bits per heavy atom. The van der Waals surface area contributed by atoms with Gasteiger partial charge in [-0.1, -0.05) is 24.9 Å². The van der Waals surface area contributed by atoms with Crippen LogP contribution in [0.25, 0.3) is 0 Å². The molecule has 2 saturated carbocycles. The summed E-state index contributed by atoms with van der Waals surface area (Å²) in [6, 6.07) is 0. The number of aromatic nitrogens is 2. The maximum atomic E-state index is 5.92. The van der Waals surface area contributed by atoms with Gasteiger partial charge in [0.1, 0.15) is 5.60 Å². The zero-order valence-corrected chi connectivity index (χ0v) is 12.5. The molecule has 2 unspecified atom stereocenters. The van der Waals surface area contributed by atoms with E-state index in [1.54, 1.807) is 7.11 Å². The molecule has 0 saturated heterocycles.